The summed E-state index contributed by atoms with van der Waals surface area (Å²) in [6, 6.07) is 16.2. The summed E-state index contributed by atoms with van der Waals surface area (Å²) in [5.41, 5.74) is 1.53. The largest absolute Gasteiger partial charge is 0.394 e. The van der Waals surface area contributed by atoms with Crippen molar-refractivity contribution < 1.29 is 39.0 Å². The van der Waals surface area contributed by atoms with Gasteiger partial charge in [-0.05, 0) is 43.7 Å². The van der Waals surface area contributed by atoms with E-state index >= 15 is 0 Å². The maximum absolute atomic E-state index is 13.9. The van der Waals surface area contributed by atoms with Crippen molar-refractivity contribution in [2.24, 2.45) is 0 Å². The SMILES string of the molecule is CC1NC(=O)C(Cc2ccccc2)NC(=O)C(CO)NC(=O)c2ccccc2NC(=O)C(=Cc2c[nH]c3ccccc23)NC(=O)C(C(C)O)NC1=O. The van der Waals surface area contributed by atoms with E-state index in [1.54, 1.807) is 54.7 Å². The third-order valence-electron chi connectivity index (χ3n) is 8.38. The Morgan fingerprint density at radius 3 is 2.12 bits per heavy atom. The first-order valence-corrected chi connectivity index (χ1v) is 16.5. The molecular formula is C37H39N7O8. The van der Waals surface area contributed by atoms with Gasteiger partial charge in [0.05, 0.1) is 24.0 Å². The van der Waals surface area contributed by atoms with Gasteiger partial charge < -0.3 is 47.1 Å². The number of hydrogen-bond donors (Lipinski definition) is 9. The highest BCUT2D eigenvalue weighted by atomic mass is 16.3. The minimum absolute atomic E-state index is 0.00498. The molecule has 15 heteroatoms. The normalized spacial score (nSPS) is 22.3. The molecule has 9 N–H and O–H groups in total. The number of aliphatic hydroxyl groups is 2. The van der Waals surface area contributed by atoms with Crippen molar-refractivity contribution >= 4 is 58.1 Å². The van der Waals surface area contributed by atoms with Crippen LogP contribution in [-0.4, -0.2) is 87.5 Å². The molecule has 0 saturated carbocycles. The molecule has 0 spiro atoms. The maximum atomic E-state index is 13.9. The second kappa shape index (κ2) is 16.6. The summed E-state index contributed by atoms with van der Waals surface area (Å²) in [6.45, 7) is 1.77. The summed E-state index contributed by atoms with van der Waals surface area (Å²) in [5, 5.41) is 36.5. The third kappa shape index (κ3) is 8.88. The zero-order chi connectivity index (χ0) is 37.4. The third-order valence-corrected chi connectivity index (χ3v) is 8.38. The van der Waals surface area contributed by atoms with Gasteiger partial charge in [-0.25, -0.2) is 0 Å². The van der Waals surface area contributed by atoms with E-state index in [9.17, 15) is 39.0 Å². The summed E-state index contributed by atoms with van der Waals surface area (Å²) in [5.74, 6) is -5.17. The van der Waals surface area contributed by atoms with Crippen molar-refractivity contribution in [1.29, 1.82) is 0 Å². The zero-order valence-corrected chi connectivity index (χ0v) is 28.3. The predicted molar refractivity (Wildman–Crippen MR) is 191 cm³/mol. The molecule has 15 nitrogen and oxygen atoms in total. The number of benzene rings is 3. The van der Waals surface area contributed by atoms with Crippen molar-refractivity contribution in [3.05, 3.63) is 107 Å². The summed E-state index contributed by atoms with van der Waals surface area (Å²) in [6.07, 6.45) is 1.54. The molecule has 5 rings (SSSR count). The predicted octanol–water partition coefficient (Wildman–Crippen LogP) is 0.466. The van der Waals surface area contributed by atoms with Crippen LogP contribution in [-0.2, 0) is 30.4 Å². The molecule has 0 aliphatic carbocycles. The lowest BCUT2D eigenvalue weighted by molar-refractivity contribution is -0.134. The number of H-pyrrole nitrogens is 1. The van der Waals surface area contributed by atoms with Gasteiger partial charge in [-0.15, -0.1) is 0 Å². The Bertz CT molecular complexity index is 2010. The molecule has 1 aromatic heterocycles. The van der Waals surface area contributed by atoms with Crippen LogP contribution in [0, 0.1) is 0 Å². The molecule has 6 amide bonds. The minimum Gasteiger partial charge on any atom is -0.394 e. The number of carbonyl (C=O) groups is 6. The van der Waals surface area contributed by atoms with Gasteiger partial charge in [-0.1, -0.05) is 60.7 Å². The van der Waals surface area contributed by atoms with Gasteiger partial charge in [0.1, 0.15) is 29.9 Å². The Labute approximate surface area is 298 Å². The van der Waals surface area contributed by atoms with Crippen molar-refractivity contribution in [3.63, 3.8) is 0 Å². The standard InChI is InChI=1S/C37H39N7O8/c1-20-32(47)44-31(21(2)46)37(52)42-29(17-23-18-38-26-14-8-6-12-24(23)26)35(50)40-27-15-9-7-13-25(27)33(48)43-30(19-45)36(51)41-28(34(49)39-20)16-22-10-4-3-5-11-22/h3-15,17-18,20-21,28,30-31,38,45-46H,16,19H2,1-2H3,(H,39,49)(H,40,50)(H,41,51)(H,42,52)(H,43,48)(H,44,47). The van der Waals surface area contributed by atoms with Gasteiger partial charge in [0.25, 0.3) is 11.8 Å². The lowest BCUT2D eigenvalue weighted by atomic mass is 10.0. The van der Waals surface area contributed by atoms with Gasteiger partial charge in [0, 0.05) is 29.1 Å². The molecule has 5 unspecified atom stereocenters. The number of aromatic amines is 1. The monoisotopic (exact) mass is 709 g/mol. The number of carbonyl (C=O) groups excluding carboxylic acids is 6. The number of hydrogen-bond acceptors (Lipinski definition) is 8. The van der Waals surface area contributed by atoms with Crippen LogP contribution in [0.15, 0.2) is 90.8 Å². The Morgan fingerprint density at radius 1 is 0.712 bits per heavy atom. The average molecular weight is 710 g/mol. The van der Waals surface area contributed by atoms with Crippen molar-refractivity contribution in [3.8, 4) is 0 Å². The smallest absolute Gasteiger partial charge is 0.272 e. The van der Waals surface area contributed by atoms with Crippen LogP contribution >= 0.6 is 0 Å². The van der Waals surface area contributed by atoms with Crippen LogP contribution in [0.2, 0.25) is 0 Å². The highest BCUT2D eigenvalue weighted by molar-refractivity contribution is 6.13. The fourth-order valence-corrected chi connectivity index (χ4v) is 5.54. The summed E-state index contributed by atoms with van der Waals surface area (Å²) in [7, 11) is 0. The fourth-order valence-electron chi connectivity index (χ4n) is 5.54. The second-order valence-electron chi connectivity index (χ2n) is 12.3. The molecule has 270 valence electrons. The Hall–Kier alpha value is -6.32. The van der Waals surface area contributed by atoms with E-state index in [-0.39, 0.29) is 23.4 Å². The van der Waals surface area contributed by atoms with Gasteiger partial charge in [-0.3, -0.25) is 28.8 Å². The van der Waals surface area contributed by atoms with E-state index in [0.717, 1.165) is 10.9 Å². The van der Waals surface area contributed by atoms with Gasteiger partial charge >= 0.3 is 0 Å². The van der Waals surface area contributed by atoms with E-state index < -0.39 is 72.3 Å². The van der Waals surface area contributed by atoms with Crippen LogP contribution < -0.4 is 31.9 Å². The summed E-state index contributed by atoms with van der Waals surface area (Å²) >= 11 is 0. The zero-order valence-electron chi connectivity index (χ0n) is 28.3. The molecule has 4 aromatic rings. The maximum Gasteiger partial charge on any atom is 0.272 e. The molecular weight excluding hydrogens is 670 g/mol. The molecule has 5 atom stereocenters. The van der Waals surface area contributed by atoms with E-state index in [1.807, 2.05) is 12.1 Å². The molecule has 0 radical (unpaired) electrons. The highest BCUT2D eigenvalue weighted by Gasteiger charge is 2.33. The Kier molecular flexibility index (Phi) is 11.8. The first kappa shape index (κ1) is 36.9. The number of fused-ring (bicyclic) bond motifs is 2. The molecule has 0 fully saturated rings. The number of aromatic nitrogens is 1. The first-order chi connectivity index (χ1) is 24.9. The van der Waals surface area contributed by atoms with Crippen LogP contribution in [0.4, 0.5) is 5.69 Å². The number of nitrogens with one attached hydrogen (secondary N) is 7. The van der Waals surface area contributed by atoms with Gasteiger partial charge in [0.2, 0.25) is 23.6 Å². The summed E-state index contributed by atoms with van der Waals surface area (Å²) < 4.78 is 0. The first-order valence-electron chi connectivity index (χ1n) is 16.5. The number of rotatable bonds is 5. The number of amides is 6. The molecule has 52 heavy (non-hydrogen) atoms. The number of para-hydroxylation sites is 2. The van der Waals surface area contributed by atoms with E-state index in [1.165, 1.54) is 38.1 Å². The minimum atomic E-state index is -1.59. The molecule has 2 heterocycles. The van der Waals surface area contributed by atoms with E-state index in [4.69, 9.17) is 0 Å². The molecule has 3 aromatic carbocycles. The fraction of sp³-hybridized carbons (Fsp3) is 0.243. The van der Waals surface area contributed by atoms with Gasteiger partial charge in [-0.2, -0.15) is 0 Å². The second-order valence-corrected chi connectivity index (χ2v) is 12.3. The summed E-state index contributed by atoms with van der Waals surface area (Å²) in [4.78, 5) is 84.5. The van der Waals surface area contributed by atoms with E-state index in [2.05, 4.69) is 36.9 Å². The van der Waals surface area contributed by atoms with Crippen molar-refractivity contribution in [1.82, 2.24) is 31.6 Å². The van der Waals surface area contributed by atoms with Crippen LogP contribution in [0.5, 0.6) is 0 Å². The molecule has 1 aliphatic rings. The topological polar surface area (TPSA) is 231 Å². The van der Waals surface area contributed by atoms with Crippen LogP contribution in [0.1, 0.15) is 35.3 Å². The van der Waals surface area contributed by atoms with Crippen LogP contribution in [0.25, 0.3) is 17.0 Å². The van der Waals surface area contributed by atoms with Crippen molar-refractivity contribution in [2.45, 2.75) is 50.5 Å². The number of aliphatic hydroxyl groups excluding tert-OH is 2. The van der Waals surface area contributed by atoms with Gasteiger partial charge in [0.15, 0.2) is 0 Å². The lowest BCUT2D eigenvalue weighted by Gasteiger charge is -2.25. The van der Waals surface area contributed by atoms with Crippen molar-refractivity contribution in [2.75, 3.05) is 11.9 Å². The van der Waals surface area contributed by atoms with Crippen LogP contribution in [0.3, 0.4) is 0 Å². The van der Waals surface area contributed by atoms with E-state index in [0.29, 0.717) is 11.1 Å². The molecule has 0 saturated heterocycles. The highest BCUT2D eigenvalue weighted by Crippen LogP contribution is 2.22. The lowest BCUT2D eigenvalue weighted by Crippen LogP contribution is -2.59. The number of anilines is 1. The molecule has 1 aliphatic heterocycles. The Balaban J connectivity index is 1.55. The Morgan fingerprint density at radius 2 is 1.38 bits per heavy atom. The molecule has 0 bridgehead atoms. The quantitative estimate of drug-likeness (QED) is 0.132. The average Bonchev–Trinajstić information content (AvgIpc) is 3.54.